The maximum atomic E-state index is 12.4. The van der Waals surface area contributed by atoms with Gasteiger partial charge in [-0.1, -0.05) is 39.3 Å². The second kappa shape index (κ2) is 16.4. The molecule has 0 aromatic heterocycles. The molecule has 17 heteroatoms. The zero-order valence-corrected chi connectivity index (χ0v) is 37.8. The summed E-state index contributed by atoms with van der Waals surface area (Å²) in [7, 11) is 0. The van der Waals surface area contributed by atoms with Crippen molar-refractivity contribution in [3.63, 3.8) is 0 Å². The fourth-order valence-electron chi connectivity index (χ4n) is 15.5. The Morgan fingerprint density at radius 3 is 1.97 bits per heavy atom. The van der Waals surface area contributed by atoms with E-state index in [9.17, 15) is 46.0 Å². The topological polar surface area (TPSA) is 256 Å². The summed E-state index contributed by atoms with van der Waals surface area (Å²) in [6.45, 7) is 15.1. The van der Waals surface area contributed by atoms with Gasteiger partial charge in [0.15, 0.2) is 24.7 Å². The lowest BCUT2D eigenvalue weighted by Gasteiger charge is -2.70. The fraction of sp³-hybridized carbons (Fsp3) is 0.957. The van der Waals surface area contributed by atoms with E-state index in [-0.39, 0.29) is 52.6 Å². The van der Waals surface area contributed by atoms with Gasteiger partial charge < -0.3 is 83.9 Å². The first-order valence-electron chi connectivity index (χ1n) is 23.4. The van der Waals surface area contributed by atoms with Crippen molar-refractivity contribution in [2.24, 2.45) is 51.2 Å². The summed E-state index contributed by atoms with van der Waals surface area (Å²) in [4.78, 5) is 0. The average molecular weight is 899 g/mol. The van der Waals surface area contributed by atoms with Gasteiger partial charge in [-0.25, -0.2) is 0 Å². The van der Waals surface area contributed by atoms with Crippen LogP contribution in [0.4, 0.5) is 0 Å². The third-order valence-corrected chi connectivity index (χ3v) is 18.7. The molecule has 9 N–H and O–H groups in total. The van der Waals surface area contributed by atoms with E-state index in [0.717, 1.165) is 44.1 Å². The second-order valence-electron chi connectivity index (χ2n) is 22.4. The molecule has 17 nitrogen and oxygen atoms in total. The predicted molar refractivity (Wildman–Crippen MR) is 219 cm³/mol. The van der Waals surface area contributed by atoms with Crippen LogP contribution in [0.5, 0.6) is 0 Å². The molecular weight excluding hydrogens is 824 g/mol. The Balaban J connectivity index is 0.970. The number of rotatable bonds is 9. The molecule has 2 bridgehead atoms. The van der Waals surface area contributed by atoms with Gasteiger partial charge in [0, 0.05) is 23.7 Å². The second-order valence-corrected chi connectivity index (χ2v) is 22.4. The number of hydrogen-bond acceptors (Lipinski definition) is 17. The summed E-state index contributed by atoms with van der Waals surface area (Å²) in [5.41, 5.74) is -0.487. The van der Waals surface area contributed by atoms with E-state index < -0.39 is 110 Å². The zero-order chi connectivity index (χ0) is 45.4. The monoisotopic (exact) mass is 898 g/mol. The summed E-state index contributed by atoms with van der Waals surface area (Å²) in [5.74, 6) is -0.140. The number of allylic oxidation sites excluding steroid dienone is 1. The van der Waals surface area contributed by atoms with E-state index in [4.69, 9.17) is 37.9 Å². The van der Waals surface area contributed by atoms with E-state index in [1.807, 2.05) is 6.92 Å². The molecule has 9 rings (SSSR count). The van der Waals surface area contributed by atoms with Crippen molar-refractivity contribution in [3.8, 4) is 0 Å². The maximum absolute atomic E-state index is 12.4. The Morgan fingerprint density at radius 1 is 0.683 bits per heavy atom. The molecule has 0 amide bonds. The Bertz CT molecular complexity index is 1710. The highest BCUT2D eigenvalue weighted by atomic mass is 16.8. The SMILES string of the molecule is CC(C)=C[C@@H]1CO[C@]23C[C@]4(CO2)[C@H](CC[C@@H]2[C@@]5(C)CC[C@H](OC6OC[C@@H](O)[C@H](OC7O[C@H](CO)[C@@H](O)[C@H](O)[C@H]7O)[C@H]6OC6O[C@@H](CO)[C@H](O)[C@H]6O)C(C)(C)[C@@H]5CC[C@]24C)C3C1(C)O. The minimum Gasteiger partial charge on any atom is -0.394 e. The predicted octanol–water partition coefficient (Wildman–Crippen LogP) is 0.463. The molecule has 5 heterocycles. The number of aliphatic hydroxyl groups excluding tert-OH is 8. The standard InChI is InChI=1S/C46H74O17/c1-21(2)14-22-17-57-46-19-45(20-58-46)23(37(46)44(22,7)55)8-9-28-42(5)12-11-29(41(3,4)27(42)10-13-43(28,45)6)61-40-36(63-38-33(53)31(51)26(16-48)60-38)35(24(49)18-56-40)62-39-34(54)32(52)30(50)25(15-47)59-39/h14,22-40,47-55H,8-13,15-20H2,1-7H3/t22-,23-,24-,25-,26+,27+,28-,29+,30-,31+,32+,33-,34-,35+,36-,37?,38?,39?,40?,42+,43-,44?,45+,46-/m1/s1. The molecule has 360 valence electrons. The lowest BCUT2D eigenvalue weighted by Crippen LogP contribution is -2.68. The summed E-state index contributed by atoms with van der Waals surface area (Å²) in [6.07, 6.45) is -11.3. The van der Waals surface area contributed by atoms with Gasteiger partial charge in [-0.2, -0.15) is 0 Å². The molecular formula is C46H74O17. The van der Waals surface area contributed by atoms with Crippen LogP contribution in [-0.2, 0) is 37.9 Å². The highest BCUT2D eigenvalue weighted by Crippen LogP contribution is 2.80. The van der Waals surface area contributed by atoms with Crippen LogP contribution in [0.3, 0.4) is 0 Å². The minimum absolute atomic E-state index is 0.0626. The third kappa shape index (κ3) is 6.95. The molecule has 0 aromatic carbocycles. The summed E-state index contributed by atoms with van der Waals surface area (Å²) in [5, 5.41) is 96.9. The van der Waals surface area contributed by atoms with Crippen LogP contribution in [0.15, 0.2) is 11.6 Å². The largest absolute Gasteiger partial charge is 0.394 e. The highest BCUT2D eigenvalue weighted by molar-refractivity contribution is 5.27. The Labute approximate surface area is 369 Å². The van der Waals surface area contributed by atoms with Crippen LogP contribution in [0.25, 0.3) is 0 Å². The maximum Gasteiger partial charge on any atom is 0.187 e. The van der Waals surface area contributed by atoms with Gasteiger partial charge in [-0.15, -0.1) is 0 Å². The van der Waals surface area contributed by atoms with Crippen molar-refractivity contribution in [1.82, 2.24) is 0 Å². The van der Waals surface area contributed by atoms with Gasteiger partial charge in [-0.3, -0.25) is 0 Å². The van der Waals surface area contributed by atoms with Crippen LogP contribution in [-0.4, -0.2) is 176 Å². The normalized spacial score (nSPS) is 57.2. The minimum atomic E-state index is -1.79. The van der Waals surface area contributed by atoms with Crippen LogP contribution in [0, 0.1) is 51.2 Å². The first kappa shape index (κ1) is 47.1. The Kier molecular flexibility index (Phi) is 12.2. The molecule has 24 atom stereocenters. The van der Waals surface area contributed by atoms with Gasteiger partial charge >= 0.3 is 0 Å². The van der Waals surface area contributed by atoms with Crippen molar-refractivity contribution in [2.45, 2.75) is 191 Å². The van der Waals surface area contributed by atoms with Gasteiger partial charge in [0.2, 0.25) is 0 Å². The molecule has 0 radical (unpaired) electrons. The van der Waals surface area contributed by atoms with Crippen molar-refractivity contribution in [1.29, 1.82) is 0 Å². The summed E-state index contributed by atoms with van der Waals surface area (Å²) < 4.78 is 50.5. The lowest BCUT2D eigenvalue weighted by molar-refractivity contribution is -0.375. The molecule has 5 aliphatic heterocycles. The van der Waals surface area contributed by atoms with E-state index in [1.54, 1.807) is 0 Å². The van der Waals surface area contributed by atoms with E-state index >= 15 is 0 Å². The first-order valence-corrected chi connectivity index (χ1v) is 23.4. The Hall–Kier alpha value is -0.940. The first-order chi connectivity index (χ1) is 29.6. The van der Waals surface area contributed by atoms with Crippen LogP contribution in [0.2, 0.25) is 0 Å². The third-order valence-electron chi connectivity index (χ3n) is 18.7. The zero-order valence-electron chi connectivity index (χ0n) is 37.8. The van der Waals surface area contributed by atoms with Gasteiger partial charge in [0.25, 0.3) is 0 Å². The molecule has 4 aliphatic carbocycles. The quantitative estimate of drug-likeness (QED) is 0.113. The Morgan fingerprint density at radius 2 is 1.32 bits per heavy atom. The number of fused-ring (bicyclic) bond motifs is 4. The average Bonchev–Trinajstić information content (AvgIpc) is 3.85. The fourth-order valence-corrected chi connectivity index (χ4v) is 15.5. The molecule has 5 unspecified atom stereocenters. The van der Waals surface area contributed by atoms with Gasteiger partial charge in [-0.05, 0) is 93.3 Å². The lowest BCUT2D eigenvalue weighted by atomic mass is 9.35. The van der Waals surface area contributed by atoms with Crippen LogP contribution >= 0.6 is 0 Å². The van der Waals surface area contributed by atoms with E-state index in [1.165, 1.54) is 0 Å². The van der Waals surface area contributed by atoms with Crippen molar-refractivity contribution in [2.75, 3.05) is 33.0 Å². The van der Waals surface area contributed by atoms with Crippen molar-refractivity contribution < 1.29 is 83.9 Å². The molecule has 0 aromatic rings. The molecule has 9 fully saturated rings. The summed E-state index contributed by atoms with van der Waals surface area (Å²) >= 11 is 0. The van der Waals surface area contributed by atoms with Crippen LogP contribution in [0.1, 0.15) is 93.4 Å². The molecule has 5 saturated heterocycles. The van der Waals surface area contributed by atoms with Gasteiger partial charge in [0.05, 0.1) is 44.7 Å². The number of hydrogen-bond donors (Lipinski definition) is 9. The molecule has 2 spiro atoms. The summed E-state index contributed by atoms with van der Waals surface area (Å²) in [6, 6.07) is 0. The van der Waals surface area contributed by atoms with E-state index in [0.29, 0.717) is 25.6 Å². The van der Waals surface area contributed by atoms with Crippen molar-refractivity contribution >= 4 is 0 Å². The number of ether oxygens (including phenoxy) is 8. The van der Waals surface area contributed by atoms with Crippen LogP contribution < -0.4 is 0 Å². The molecule has 63 heavy (non-hydrogen) atoms. The number of aliphatic hydroxyl groups is 9. The highest BCUT2D eigenvalue weighted by Gasteiger charge is 2.81. The van der Waals surface area contributed by atoms with E-state index in [2.05, 4.69) is 47.6 Å². The molecule has 4 saturated carbocycles. The smallest absolute Gasteiger partial charge is 0.187 e. The van der Waals surface area contributed by atoms with Gasteiger partial charge in [0.1, 0.15) is 61.0 Å². The van der Waals surface area contributed by atoms with Crippen molar-refractivity contribution in [3.05, 3.63) is 11.6 Å². The molecule has 9 aliphatic rings.